The third kappa shape index (κ3) is 4.95. The SMILES string of the molecule is Cc1nc(-c2ncccn2)[nH]c(=O)c1CC(=O)NC(C)(CN)CC(C)C. The number of carbonyl (C=O) groups is 1. The maximum Gasteiger partial charge on any atom is 0.255 e. The Morgan fingerprint density at radius 1 is 1.35 bits per heavy atom. The van der Waals surface area contributed by atoms with E-state index >= 15 is 0 Å². The molecule has 0 spiro atoms. The lowest BCUT2D eigenvalue weighted by atomic mass is 9.90. The van der Waals surface area contributed by atoms with Gasteiger partial charge in [0.2, 0.25) is 5.91 Å². The highest BCUT2D eigenvalue weighted by atomic mass is 16.2. The zero-order chi connectivity index (χ0) is 19.3. The van der Waals surface area contributed by atoms with E-state index in [2.05, 4.69) is 39.1 Å². The Morgan fingerprint density at radius 2 is 2.00 bits per heavy atom. The van der Waals surface area contributed by atoms with Gasteiger partial charge in [0.1, 0.15) is 0 Å². The lowest BCUT2D eigenvalue weighted by Crippen LogP contribution is -2.52. The van der Waals surface area contributed by atoms with Gasteiger partial charge in [-0.25, -0.2) is 15.0 Å². The molecule has 1 unspecified atom stereocenters. The molecular weight excluding hydrogens is 332 g/mol. The van der Waals surface area contributed by atoms with Gasteiger partial charge in [-0.15, -0.1) is 0 Å². The number of aryl methyl sites for hydroxylation is 1. The maximum absolute atomic E-state index is 12.5. The van der Waals surface area contributed by atoms with Crippen LogP contribution in [0.3, 0.4) is 0 Å². The molecule has 4 N–H and O–H groups in total. The summed E-state index contributed by atoms with van der Waals surface area (Å²) in [5.74, 6) is 0.749. The van der Waals surface area contributed by atoms with Crippen molar-refractivity contribution in [1.29, 1.82) is 0 Å². The highest BCUT2D eigenvalue weighted by molar-refractivity contribution is 5.79. The van der Waals surface area contributed by atoms with Gasteiger partial charge < -0.3 is 16.0 Å². The molecule has 0 fully saturated rings. The first-order valence-electron chi connectivity index (χ1n) is 8.62. The van der Waals surface area contributed by atoms with Crippen LogP contribution in [-0.2, 0) is 11.2 Å². The smallest absolute Gasteiger partial charge is 0.255 e. The lowest BCUT2D eigenvalue weighted by Gasteiger charge is -2.31. The molecule has 1 amide bonds. The molecule has 2 aromatic heterocycles. The molecule has 0 radical (unpaired) electrons. The molecule has 0 saturated carbocycles. The predicted octanol–water partition coefficient (Wildman–Crippen LogP) is 0.958. The summed E-state index contributed by atoms with van der Waals surface area (Å²) in [5.41, 5.74) is 5.76. The van der Waals surface area contributed by atoms with Gasteiger partial charge in [-0.3, -0.25) is 9.59 Å². The Hall–Kier alpha value is -2.61. The topological polar surface area (TPSA) is 127 Å². The Kier molecular flexibility index (Phi) is 6.20. The van der Waals surface area contributed by atoms with Gasteiger partial charge in [0.05, 0.1) is 6.42 Å². The predicted molar refractivity (Wildman–Crippen MR) is 99.4 cm³/mol. The van der Waals surface area contributed by atoms with Gasteiger partial charge in [0.25, 0.3) is 5.56 Å². The number of carbonyl (C=O) groups excluding carboxylic acids is 1. The second kappa shape index (κ2) is 8.18. The largest absolute Gasteiger partial charge is 0.349 e. The zero-order valence-corrected chi connectivity index (χ0v) is 15.7. The van der Waals surface area contributed by atoms with E-state index < -0.39 is 5.54 Å². The Labute approximate surface area is 152 Å². The number of hydrogen-bond donors (Lipinski definition) is 3. The van der Waals surface area contributed by atoms with Crippen molar-refractivity contribution in [2.75, 3.05) is 6.54 Å². The summed E-state index contributed by atoms with van der Waals surface area (Å²) in [4.78, 5) is 40.0. The summed E-state index contributed by atoms with van der Waals surface area (Å²) in [7, 11) is 0. The average Bonchev–Trinajstić information content (AvgIpc) is 2.58. The summed E-state index contributed by atoms with van der Waals surface area (Å²) in [6, 6.07) is 1.68. The first kappa shape index (κ1) is 19.7. The van der Waals surface area contributed by atoms with Crippen molar-refractivity contribution in [3.8, 4) is 11.6 Å². The minimum atomic E-state index is -0.503. The fraction of sp³-hybridized carbons (Fsp3) is 0.500. The number of nitrogens with zero attached hydrogens (tertiary/aromatic N) is 3. The fourth-order valence-corrected chi connectivity index (χ4v) is 2.97. The monoisotopic (exact) mass is 358 g/mol. The molecule has 26 heavy (non-hydrogen) atoms. The van der Waals surface area contributed by atoms with Crippen LogP contribution < -0.4 is 16.6 Å². The van der Waals surface area contributed by atoms with E-state index in [1.165, 1.54) is 0 Å². The molecule has 0 aromatic carbocycles. The molecule has 8 nitrogen and oxygen atoms in total. The maximum atomic E-state index is 12.5. The van der Waals surface area contributed by atoms with E-state index in [0.717, 1.165) is 6.42 Å². The molecule has 0 aliphatic rings. The average molecular weight is 358 g/mol. The second-order valence-electron chi connectivity index (χ2n) is 7.14. The van der Waals surface area contributed by atoms with Crippen LogP contribution in [0.2, 0.25) is 0 Å². The normalized spacial score (nSPS) is 13.5. The molecule has 8 heteroatoms. The first-order chi connectivity index (χ1) is 12.2. The summed E-state index contributed by atoms with van der Waals surface area (Å²) < 4.78 is 0. The number of nitrogens with one attached hydrogen (secondary N) is 2. The number of amides is 1. The molecule has 0 saturated heterocycles. The van der Waals surface area contributed by atoms with E-state index in [0.29, 0.717) is 29.5 Å². The highest BCUT2D eigenvalue weighted by Crippen LogP contribution is 2.16. The third-order valence-corrected chi connectivity index (χ3v) is 4.09. The van der Waals surface area contributed by atoms with Gasteiger partial charge in [0.15, 0.2) is 11.6 Å². The van der Waals surface area contributed by atoms with Crippen molar-refractivity contribution in [3.63, 3.8) is 0 Å². The minimum absolute atomic E-state index is 0.0578. The number of hydrogen-bond acceptors (Lipinski definition) is 6. The summed E-state index contributed by atoms with van der Waals surface area (Å²) in [5, 5.41) is 2.95. The van der Waals surface area contributed by atoms with Gasteiger partial charge in [-0.05, 0) is 32.3 Å². The van der Waals surface area contributed by atoms with E-state index in [9.17, 15) is 9.59 Å². The highest BCUT2D eigenvalue weighted by Gasteiger charge is 2.26. The van der Waals surface area contributed by atoms with Crippen molar-refractivity contribution in [2.24, 2.45) is 11.7 Å². The Morgan fingerprint density at radius 3 is 2.54 bits per heavy atom. The first-order valence-corrected chi connectivity index (χ1v) is 8.62. The van der Waals surface area contributed by atoms with Crippen molar-refractivity contribution in [2.45, 2.75) is 46.1 Å². The van der Waals surface area contributed by atoms with Crippen LogP contribution in [-0.4, -0.2) is 37.9 Å². The molecule has 0 bridgehead atoms. The number of nitrogens with two attached hydrogens (primary N) is 1. The molecule has 1 atom stereocenters. The van der Waals surface area contributed by atoms with Gasteiger partial charge in [-0.2, -0.15) is 0 Å². The quantitative estimate of drug-likeness (QED) is 0.676. The Bertz CT molecular complexity index is 818. The van der Waals surface area contributed by atoms with E-state index in [4.69, 9.17) is 5.73 Å². The third-order valence-electron chi connectivity index (χ3n) is 4.09. The van der Waals surface area contributed by atoms with E-state index in [1.54, 1.807) is 25.4 Å². The summed E-state index contributed by atoms with van der Waals surface area (Å²) >= 11 is 0. The molecule has 140 valence electrons. The van der Waals surface area contributed by atoms with Crippen LogP contribution in [0, 0.1) is 12.8 Å². The van der Waals surface area contributed by atoms with Gasteiger partial charge >= 0.3 is 0 Å². The van der Waals surface area contributed by atoms with Crippen molar-refractivity contribution >= 4 is 5.91 Å². The van der Waals surface area contributed by atoms with Crippen LogP contribution in [0.15, 0.2) is 23.3 Å². The van der Waals surface area contributed by atoms with Crippen molar-refractivity contribution < 1.29 is 4.79 Å². The minimum Gasteiger partial charge on any atom is -0.349 e. The van der Waals surface area contributed by atoms with Crippen LogP contribution >= 0.6 is 0 Å². The molecule has 0 aliphatic heterocycles. The Balaban J connectivity index is 2.19. The fourth-order valence-electron chi connectivity index (χ4n) is 2.97. The summed E-state index contributed by atoms with van der Waals surface area (Å²) in [6.07, 6.45) is 3.84. The van der Waals surface area contributed by atoms with Crippen LogP contribution in [0.5, 0.6) is 0 Å². The van der Waals surface area contributed by atoms with Gasteiger partial charge in [0, 0.05) is 35.7 Å². The van der Waals surface area contributed by atoms with Crippen LogP contribution in [0.25, 0.3) is 11.6 Å². The molecule has 2 rings (SSSR count). The van der Waals surface area contributed by atoms with Crippen LogP contribution in [0.4, 0.5) is 0 Å². The molecule has 2 heterocycles. The molecule has 0 aliphatic carbocycles. The van der Waals surface area contributed by atoms with E-state index in [-0.39, 0.29) is 23.7 Å². The summed E-state index contributed by atoms with van der Waals surface area (Å²) in [6.45, 7) is 8.08. The standard InChI is InChI=1S/C18H26N6O2/c1-11(2)9-18(4,10-19)24-14(25)8-13-12(3)22-16(23-17(13)26)15-20-6-5-7-21-15/h5-7,11H,8-10,19H2,1-4H3,(H,24,25)(H,22,23,26). The molecule has 2 aromatic rings. The number of aromatic nitrogens is 4. The second-order valence-corrected chi connectivity index (χ2v) is 7.14. The lowest BCUT2D eigenvalue weighted by molar-refractivity contribution is -0.122. The van der Waals surface area contributed by atoms with Crippen molar-refractivity contribution in [3.05, 3.63) is 40.1 Å². The number of aromatic amines is 1. The van der Waals surface area contributed by atoms with Crippen LogP contribution in [0.1, 0.15) is 38.4 Å². The van der Waals surface area contributed by atoms with Crippen molar-refractivity contribution in [1.82, 2.24) is 25.3 Å². The zero-order valence-electron chi connectivity index (χ0n) is 15.7. The van der Waals surface area contributed by atoms with Gasteiger partial charge in [-0.1, -0.05) is 13.8 Å². The number of H-pyrrole nitrogens is 1. The van der Waals surface area contributed by atoms with E-state index in [1.807, 2.05) is 6.92 Å². The number of rotatable bonds is 7. The molecular formula is C18H26N6O2.